The van der Waals surface area contributed by atoms with Crippen LogP contribution >= 0.6 is 0 Å². The number of carbonyl (C=O) groups is 1. The summed E-state index contributed by atoms with van der Waals surface area (Å²) < 4.78 is 1.60. The van der Waals surface area contributed by atoms with Gasteiger partial charge in [-0.1, -0.05) is 25.1 Å². The Morgan fingerprint density at radius 3 is 2.64 bits per heavy atom. The van der Waals surface area contributed by atoms with Gasteiger partial charge in [-0.25, -0.2) is 4.68 Å². The number of hydrogen-bond acceptors (Lipinski definition) is 4. The van der Waals surface area contributed by atoms with Crippen LogP contribution in [0.25, 0.3) is 5.69 Å². The van der Waals surface area contributed by atoms with Crippen LogP contribution in [0.1, 0.15) is 23.1 Å². The SMILES string of the molecule is CCNCCNC(=O)c1nn(-c2ccccc2)c(C)cc1=O. The second-order valence-electron chi connectivity index (χ2n) is 4.86. The molecule has 22 heavy (non-hydrogen) atoms. The Labute approximate surface area is 129 Å². The van der Waals surface area contributed by atoms with Crippen molar-refractivity contribution in [3.8, 4) is 5.69 Å². The van der Waals surface area contributed by atoms with Gasteiger partial charge in [-0.3, -0.25) is 9.59 Å². The fourth-order valence-corrected chi connectivity index (χ4v) is 2.06. The Balaban J connectivity index is 2.25. The van der Waals surface area contributed by atoms with E-state index in [4.69, 9.17) is 0 Å². The van der Waals surface area contributed by atoms with Gasteiger partial charge in [-0.2, -0.15) is 5.10 Å². The van der Waals surface area contributed by atoms with Gasteiger partial charge in [-0.15, -0.1) is 0 Å². The second kappa shape index (κ2) is 7.51. The lowest BCUT2D eigenvalue weighted by Crippen LogP contribution is -2.36. The minimum Gasteiger partial charge on any atom is -0.349 e. The molecule has 0 atom stereocenters. The molecule has 0 aliphatic heterocycles. The molecule has 0 aliphatic rings. The average Bonchev–Trinajstić information content (AvgIpc) is 2.52. The number of aromatic nitrogens is 2. The van der Waals surface area contributed by atoms with Gasteiger partial charge in [0.15, 0.2) is 5.69 Å². The molecule has 2 N–H and O–H groups in total. The van der Waals surface area contributed by atoms with Crippen molar-refractivity contribution in [2.75, 3.05) is 19.6 Å². The standard InChI is InChI=1S/C16H20N4O2/c1-3-17-9-10-18-16(22)15-14(21)11-12(2)20(19-15)13-7-5-4-6-8-13/h4-8,11,17H,3,9-10H2,1-2H3,(H,18,22). The summed E-state index contributed by atoms with van der Waals surface area (Å²) >= 11 is 0. The summed E-state index contributed by atoms with van der Waals surface area (Å²) in [6.45, 7) is 5.71. The first-order valence-corrected chi connectivity index (χ1v) is 7.28. The molecule has 0 bridgehead atoms. The van der Waals surface area contributed by atoms with Crippen LogP contribution in [0.5, 0.6) is 0 Å². The number of benzene rings is 1. The number of hydrogen-bond donors (Lipinski definition) is 2. The van der Waals surface area contributed by atoms with Crippen molar-refractivity contribution in [2.24, 2.45) is 0 Å². The van der Waals surface area contributed by atoms with Crippen molar-refractivity contribution >= 4 is 5.91 Å². The number of para-hydroxylation sites is 1. The molecule has 1 aromatic heterocycles. The molecule has 6 nitrogen and oxygen atoms in total. The van der Waals surface area contributed by atoms with E-state index in [0.717, 1.165) is 12.2 Å². The van der Waals surface area contributed by atoms with Crippen molar-refractivity contribution in [3.05, 3.63) is 58.0 Å². The van der Waals surface area contributed by atoms with Gasteiger partial charge in [-0.05, 0) is 25.6 Å². The third-order valence-electron chi connectivity index (χ3n) is 3.16. The highest BCUT2D eigenvalue weighted by atomic mass is 16.2. The minimum absolute atomic E-state index is 0.0917. The molecular weight excluding hydrogens is 280 g/mol. The lowest BCUT2D eigenvalue weighted by Gasteiger charge is -2.11. The maximum atomic E-state index is 12.1. The molecule has 6 heteroatoms. The lowest BCUT2D eigenvalue weighted by atomic mass is 10.2. The summed E-state index contributed by atoms with van der Waals surface area (Å²) in [7, 11) is 0. The minimum atomic E-state index is -0.451. The third kappa shape index (κ3) is 3.79. The molecule has 1 aromatic carbocycles. The van der Waals surface area contributed by atoms with Gasteiger partial charge in [0, 0.05) is 24.8 Å². The van der Waals surface area contributed by atoms with Crippen LogP contribution in [0.15, 0.2) is 41.2 Å². The van der Waals surface area contributed by atoms with Gasteiger partial charge in [0.05, 0.1) is 5.69 Å². The number of amides is 1. The van der Waals surface area contributed by atoms with Crippen LogP contribution in [-0.4, -0.2) is 35.3 Å². The number of nitrogens with one attached hydrogen (secondary N) is 2. The molecule has 1 amide bonds. The van der Waals surface area contributed by atoms with Crippen LogP contribution in [0.4, 0.5) is 0 Å². The molecular formula is C16H20N4O2. The highest BCUT2D eigenvalue weighted by Gasteiger charge is 2.14. The van der Waals surface area contributed by atoms with Crippen molar-refractivity contribution in [1.82, 2.24) is 20.4 Å². The number of aryl methyl sites for hydroxylation is 1. The van der Waals surface area contributed by atoms with E-state index < -0.39 is 5.91 Å². The van der Waals surface area contributed by atoms with Crippen molar-refractivity contribution in [3.63, 3.8) is 0 Å². The monoisotopic (exact) mass is 300 g/mol. The molecule has 0 aliphatic carbocycles. The molecule has 116 valence electrons. The van der Waals surface area contributed by atoms with Gasteiger partial charge in [0.1, 0.15) is 0 Å². The van der Waals surface area contributed by atoms with E-state index in [1.807, 2.05) is 37.3 Å². The highest BCUT2D eigenvalue weighted by molar-refractivity contribution is 5.92. The summed E-state index contributed by atoms with van der Waals surface area (Å²) in [5, 5.41) is 10.0. The van der Waals surface area contributed by atoms with E-state index in [1.54, 1.807) is 11.6 Å². The van der Waals surface area contributed by atoms with Crippen LogP contribution in [0, 0.1) is 6.92 Å². The molecule has 2 rings (SSSR count). The van der Waals surface area contributed by atoms with Crippen LogP contribution < -0.4 is 16.1 Å². The maximum Gasteiger partial charge on any atom is 0.275 e. The number of nitrogens with zero attached hydrogens (tertiary/aromatic N) is 2. The Morgan fingerprint density at radius 2 is 1.95 bits per heavy atom. The molecule has 1 heterocycles. The van der Waals surface area contributed by atoms with Crippen LogP contribution in [0.3, 0.4) is 0 Å². The zero-order chi connectivity index (χ0) is 15.9. The van der Waals surface area contributed by atoms with Gasteiger partial charge in [0.2, 0.25) is 5.43 Å². The van der Waals surface area contributed by atoms with E-state index in [0.29, 0.717) is 18.8 Å². The molecule has 0 spiro atoms. The van der Waals surface area contributed by atoms with Crippen molar-refractivity contribution < 1.29 is 4.79 Å². The fraction of sp³-hybridized carbons (Fsp3) is 0.312. The average molecular weight is 300 g/mol. The molecule has 0 radical (unpaired) electrons. The Hall–Kier alpha value is -2.47. The predicted molar refractivity (Wildman–Crippen MR) is 85.4 cm³/mol. The molecule has 0 saturated carbocycles. The maximum absolute atomic E-state index is 12.1. The first kappa shape index (κ1) is 15.9. The first-order valence-electron chi connectivity index (χ1n) is 7.28. The molecule has 2 aromatic rings. The van der Waals surface area contributed by atoms with Crippen LogP contribution in [-0.2, 0) is 0 Å². The van der Waals surface area contributed by atoms with Gasteiger partial charge < -0.3 is 10.6 Å². The van der Waals surface area contributed by atoms with E-state index in [2.05, 4.69) is 15.7 Å². The van der Waals surface area contributed by atoms with E-state index in [-0.39, 0.29) is 11.1 Å². The predicted octanol–water partition coefficient (Wildman–Crippen LogP) is 0.880. The number of carbonyl (C=O) groups excluding carboxylic acids is 1. The van der Waals surface area contributed by atoms with E-state index >= 15 is 0 Å². The summed E-state index contributed by atoms with van der Waals surface area (Å²) in [5.41, 5.74) is 1.03. The normalized spacial score (nSPS) is 10.5. The Morgan fingerprint density at radius 1 is 1.23 bits per heavy atom. The topological polar surface area (TPSA) is 76.0 Å². The summed E-state index contributed by atoms with van der Waals surface area (Å²) in [4.78, 5) is 24.1. The number of likely N-dealkylation sites (N-methyl/N-ethyl adjacent to an activating group) is 1. The Kier molecular flexibility index (Phi) is 5.43. The molecule has 0 saturated heterocycles. The second-order valence-corrected chi connectivity index (χ2v) is 4.86. The zero-order valence-corrected chi connectivity index (χ0v) is 12.8. The molecule has 0 unspecified atom stereocenters. The fourth-order valence-electron chi connectivity index (χ4n) is 2.06. The highest BCUT2D eigenvalue weighted by Crippen LogP contribution is 2.07. The van der Waals surface area contributed by atoms with E-state index in [9.17, 15) is 9.59 Å². The lowest BCUT2D eigenvalue weighted by molar-refractivity contribution is 0.0946. The number of rotatable bonds is 6. The van der Waals surface area contributed by atoms with Gasteiger partial charge in [0.25, 0.3) is 5.91 Å². The van der Waals surface area contributed by atoms with E-state index in [1.165, 1.54) is 6.07 Å². The summed E-state index contributed by atoms with van der Waals surface area (Å²) in [6, 6.07) is 10.8. The van der Waals surface area contributed by atoms with Crippen molar-refractivity contribution in [1.29, 1.82) is 0 Å². The quantitative estimate of drug-likeness (QED) is 0.777. The Bertz CT molecular complexity index is 695. The van der Waals surface area contributed by atoms with Crippen LogP contribution in [0.2, 0.25) is 0 Å². The smallest absolute Gasteiger partial charge is 0.275 e. The first-order chi connectivity index (χ1) is 10.6. The molecule has 0 fully saturated rings. The zero-order valence-electron chi connectivity index (χ0n) is 12.8. The van der Waals surface area contributed by atoms with Crippen molar-refractivity contribution in [2.45, 2.75) is 13.8 Å². The summed E-state index contributed by atoms with van der Waals surface area (Å²) in [5.74, 6) is -0.451. The van der Waals surface area contributed by atoms with Gasteiger partial charge >= 0.3 is 0 Å². The largest absolute Gasteiger partial charge is 0.349 e. The summed E-state index contributed by atoms with van der Waals surface area (Å²) in [6.07, 6.45) is 0. The third-order valence-corrected chi connectivity index (χ3v) is 3.16.